The van der Waals surface area contributed by atoms with Gasteiger partial charge in [0, 0.05) is 39.3 Å². The van der Waals surface area contributed by atoms with Gasteiger partial charge in [-0.05, 0) is 32.4 Å². The summed E-state index contributed by atoms with van der Waals surface area (Å²) in [5.74, 6) is 1.35. The van der Waals surface area contributed by atoms with Crippen molar-refractivity contribution in [2.45, 2.75) is 20.3 Å². The van der Waals surface area contributed by atoms with Crippen LogP contribution in [-0.2, 0) is 0 Å². The summed E-state index contributed by atoms with van der Waals surface area (Å²) in [6, 6.07) is 7.54. The highest BCUT2D eigenvalue weighted by Gasteiger charge is 2.21. The fourth-order valence-corrected chi connectivity index (χ4v) is 2.73. The normalized spacial score (nSPS) is 15.5. The Labute approximate surface area is 162 Å². The third kappa shape index (κ3) is 5.89. The lowest BCUT2D eigenvalue weighted by Gasteiger charge is -2.37. The fraction of sp³-hybridized carbons (Fsp3) is 0.500. The van der Waals surface area contributed by atoms with E-state index in [1.165, 1.54) is 0 Å². The number of anilines is 1. The number of halogens is 1. The second-order valence-corrected chi connectivity index (χ2v) is 5.56. The van der Waals surface area contributed by atoms with Crippen LogP contribution < -0.4 is 10.2 Å². The van der Waals surface area contributed by atoms with E-state index in [4.69, 9.17) is 4.99 Å². The van der Waals surface area contributed by atoms with Gasteiger partial charge in [0.15, 0.2) is 5.96 Å². The van der Waals surface area contributed by atoms with Crippen LogP contribution in [0.25, 0.3) is 0 Å². The Kier molecular flexibility index (Phi) is 9.59. The van der Waals surface area contributed by atoms with Gasteiger partial charge < -0.3 is 20.2 Å². The van der Waals surface area contributed by atoms with E-state index in [1.54, 1.807) is 6.07 Å². The molecule has 1 aliphatic rings. The molecule has 0 radical (unpaired) electrons. The maximum atomic E-state index is 9.99. The molecule has 1 aromatic rings. The van der Waals surface area contributed by atoms with Gasteiger partial charge in [-0.1, -0.05) is 24.3 Å². The Morgan fingerprint density at radius 2 is 1.96 bits per heavy atom. The monoisotopic (exact) mass is 444 g/mol. The van der Waals surface area contributed by atoms with E-state index in [0.29, 0.717) is 5.75 Å². The van der Waals surface area contributed by atoms with E-state index < -0.39 is 0 Å². The average molecular weight is 444 g/mol. The van der Waals surface area contributed by atoms with E-state index in [1.807, 2.05) is 25.1 Å². The smallest absolute Gasteiger partial charge is 0.194 e. The third-order valence-electron chi connectivity index (χ3n) is 3.93. The van der Waals surface area contributed by atoms with Crippen molar-refractivity contribution in [1.29, 1.82) is 0 Å². The summed E-state index contributed by atoms with van der Waals surface area (Å²) in [5, 5.41) is 13.4. The van der Waals surface area contributed by atoms with Gasteiger partial charge in [0.2, 0.25) is 0 Å². The van der Waals surface area contributed by atoms with Gasteiger partial charge in [-0.25, -0.2) is 0 Å². The molecule has 1 fully saturated rings. The van der Waals surface area contributed by atoms with Crippen molar-refractivity contribution in [1.82, 2.24) is 10.2 Å². The van der Waals surface area contributed by atoms with Crippen molar-refractivity contribution < 1.29 is 5.11 Å². The Morgan fingerprint density at radius 3 is 2.58 bits per heavy atom. The lowest BCUT2D eigenvalue weighted by molar-refractivity contribution is 0.370. The average Bonchev–Trinajstić information content (AvgIpc) is 2.58. The first-order valence-corrected chi connectivity index (χ1v) is 8.43. The third-order valence-corrected chi connectivity index (χ3v) is 3.93. The molecule has 0 saturated carbocycles. The minimum Gasteiger partial charge on any atom is -0.506 e. The van der Waals surface area contributed by atoms with Crippen LogP contribution in [-0.4, -0.2) is 55.2 Å². The van der Waals surface area contributed by atoms with Gasteiger partial charge in [0.05, 0.1) is 5.69 Å². The summed E-state index contributed by atoms with van der Waals surface area (Å²) < 4.78 is 0. The number of hydrogen-bond acceptors (Lipinski definition) is 3. The quantitative estimate of drug-likeness (QED) is 0.241. The molecule has 0 aromatic heterocycles. The number of rotatable bonds is 5. The molecule has 0 spiro atoms. The van der Waals surface area contributed by atoms with E-state index in [-0.39, 0.29) is 24.0 Å². The standard InChI is InChI=1S/C18H28N4O.HI/c1-3-5-8-11-20-18(19-4-2)22-14-12-21(13-15-22)16-9-6-7-10-17(16)23;/h3,5-7,9-10,23H,4,8,11-15H2,1-2H3,(H,19,20);1H. The summed E-state index contributed by atoms with van der Waals surface area (Å²) in [5.41, 5.74) is 0.919. The Hall–Kier alpha value is -1.44. The molecule has 0 bridgehead atoms. The number of guanidine groups is 1. The number of para-hydroxylation sites is 2. The first-order valence-electron chi connectivity index (χ1n) is 8.43. The molecular formula is C18H29IN4O. The highest BCUT2D eigenvalue weighted by Crippen LogP contribution is 2.27. The zero-order valence-corrected chi connectivity index (χ0v) is 16.9. The second-order valence-electron chi connectivity index (χ2n) is 5.56. The molecule has 1 heterocycles. The molecular weight excluding hydrogens is 415 g/mol. The molecule has 0 unspecified atom stereocenters. The van der Waals surface area contributed by atoms with E-state index in [2.05, 4.69) is 34.2 Å². The van der Waals surface area contributed by atoms with E-state index in [9.17, 15) is 5.11 Å². The number of phenols is 1. The summed E-state index contributed by atoms with van der Waals surface area (Å²) >= 11 is 0. The Balaban J connectivity index is 0.00000288. The van der Waals surface area contributed by atoms with Crippen molar-refractivity contribution in [3.8, 4) is 5.75 Å². The Morgan fingerprint density at radius 1 is 1.25 bits per heavy atom. The molecule has 1 saturated heterocycles. The molecule has 0 aliphatic carbocycles. The maximum Gasteiger partial charge on any atom is 0.194 e. The number of benzene rings is 1. The molecule has 24 heavy (non-hydrogen) atoms. The number of nitrogens with one attached hydrogen (secondary N) is 1. The van der Waals surface area contributed by atoms with Crippen molar-refractivity contribution in [2.75, 3.05) is 44.2 Å². The fourth-order valence-electron chi connectivity index (χ4n) is 2.73. The van der Waals surface area contributed by atoms with Crippen LogP contribution in [0.3, 0.4) is 0 Å². The van der Waals surface area contributed by atoms with Crippen LogP contribution in [0.5, 0.6) is 5.75 Å². The van der Waals surface area contributed by atoms with Gasteiger partial charge >= 0.3 is 0 Å². The van der Waals surface area contributed by atoms with Crippen LogP contribution >= 0.6 is 24.0 Å². The van der Waals surface area contributed by atoms with Crippen LogP contribution in [0.15, 0.2) is 41.4 Å². The highest BCUT2D eigenvalue weighted by atomic mass is 127. The van der Waals surface area contributed by atoms with Crippen molar-refractivity contribution in [2.24, 2.45) is 4.99 Å². The zero-order valence-electron chi connectivity index (χ0n) is 14.6. The molecule has 0 atom stereocenters. The number of aromatic hydroxyl groups is 1. The molecule has 5 nitrogen and oxygen atoms in total. The molecule has 2 N–H and O–H groups in total. The van der Waals surface area contributed by atoms with Gasteiger partial charge in [0.1, 0.15) is 5.75 Å². The SMILES string of the molecule is CC=CCCN=C(NCC)N1CCN(c2ccccc2O)CC1.I. The minimum absolute atomic E-state index is 0. The lowest BCUT2D eigenvalue weighted by Crippen LogP contribution is -2.52. The minimum atomic E-state index is 0. The highest BCUT2D eigenvalue weighted by molar-refractivity contribution is 14.0. The summed E-state index contributed by atoms with van der Waals surface area (Å²) in [6.45, 7) is 9.41. The van der Waals surface area contributed by atoms with Crippen molar-refractivity contribution in [3.63, 3.8) is 0 Å². The number of phenolic OH excluding ortho intramolecular Hbond substituents is 1. The first kappa shape index (κ1) is 20.6. The summed E-state index contributed by atoms with van der Waals surface area (Å²) in [4.78, 5) is 9.23. The number of allylic oxidation sites excluding steroid dienone is 1. The molecule has 6 heteroatoms. The topological polar surface area (TPSA) is 51.1 Å². The zero-order chi connectivity index (χ0) is 16.5. The lowest BCUT2D eigenvalue weighted by atomic mass is 10.2. The summed E-state index contributed by atoms with van der Waals surface area (Å²) in [7, 11) is 0. The predicted octanol–water partition coefficient (Wildman–Crippen LogP) is 3.06. The van der Waals surface area contributed by atoms with E-state index >= 15 is 0 Å². The Bertz CT molecular complexity index is 540. The molecule has 2 rings (SSSR count). The van der Waals surface area contributed by atoms with Crippen molar-refractivity contribution in [3.05, 3.63) is 36.4 Å². The number of piperazine rings is 1. The van der Waals surface area contributed by atoms with Gasteiger partial charge in [-0.3, -0.25) is 4.99 Å². The summed E-state index contributed by atoms with van der Waals surface area (Å²) in [6.07, 6.45) is 5.18. The molecule has 1 aliphatic heterocycles. The first-order chi connectivity index (χ1) is 11.3. The second kappa shape index (κ2) is 11.2. The van der Waals surface area contributed by atoms with Gasteiger partial charge in [0.25, 0.3) is 0 Å². The predicted molar refractivity (Wildman–Crippen MR) is 113 cm³/mol. The van der Waals surface area contributed by atoms with E-state index in [0.717, 1.165) is 57.3 Å². The molecule has 134 valence electrons. The van der Waals surface area contributed by atoms with Gasteiger partial charge in [-0.2, -0.15) is 0 Å². The van der Waals surface area contributed by atoms with Crippen LogP contribution in [0.4, 0.5) is 5.69 Å². The maximum absolute atomic E-state index is 9.99. The number of hydrogen-bond donors (Lipinski definition) is 2. The van der Waals surface area contributed by atoms with Crippen molar-refractivity contribution >= 4 is 35.6 Å². The van der Waals surface area contributed by atoms with Crippen LogP contribution in [0.1, 0.15) is 20.3 Å². The van der Waals surface area contributed by atoms with Gasteiger partial charge in [-0.15, -0.1) is 24.0 Å². The van der Waals surface area contributed by atoms with Crippen LogP contribution in [0.2, 0.25) is 0 Å². The molecule has 1 aromatic carbocycles. The largest absolute Gasteiger partial charge is 0.506 e. The molecule has 0 amide bonds. The number of aliphatic imine (C=N–C) groups is 1. The number of nitrogens with zero attached hydrogens (tertiary/aromatic N) is 3. The van der Waals surface area contributed by atoms with Crippen LogP contribution in [0, 0.1) is 0 Å².